The Kier molecular flexibility index (Phi) is 4.03. The summed E-state index contributed by atoms with van der Waals surface area (Å²) in [6.07, 6.45) is 4.73. The predicted molar refractivity (Wildman–Crippen MR) is 82.8 cm³/mol. The van der Waals surface area contributed by atoms with E-state index in [1.165, 1.54) is 19.3 Å². The van der Waals surface area contributed by atoms with Gasteiger partial charge in [0, 0.05) is 21.5 Å². The summed E-state index contributed by atoms with van der Waals surface area (Å²) in [5.41, 5.74) is 0.516. The highest BCUT2D eigenvalue weighted by atomic mass is 32.1. The number of benzene rings is 1. The molecule has 1 N–H and O–H groups in total. The van der Waals surface area contributed by atoms with E-state index in [9.17, 15) is 9.90 Å². The van der Waals surface area contributed by atoms with E-state index in [0.29, 0.717) is 5.56 Å². The molecule has 0 amide bonds. The van der Waals surface area contributed by atoms with Gasteiger partial charge in [0.1, 0.15) is 0 Å². The first-order chi connectivity index (χ1) is 9.75. The highest BCUT2D eigenvalue weighted by Gasteiger charge is 2.19. The maximum atomic E-state index is 11.5. The topological polar surface area (TPSA) is 40.5 Å². The van der Waals surface area contributed by atoms with Crippen LogP contribution in [0.5, 0.6) is 0 Å². The average Bonchev–Trinajstić information content (AvgIpc) is 2.84. The lowest BCUT2D eigenvalue weighted by Crippen LogP contribution is -2.31. The summed E-state index contributed by atoms with van der Waals surface area (Å²) in [5, 5.41) is 10.4. The number of likely N-dealkylation sites (tertiary alicyclic amines) is 1. The van der Waals surface area contributed by atoms with Crippen LogP contribution in [0.1, 0.15) is 34.5 Å². The van der Waals surface area contributed by atoms with Gasteiger partial charge in [-0.15, -0.1) is 11.3 Å². The number of thiophene rings is 1. The van der Waals surface area contributed by atoms with E-state index >= 15 is 0 Å². The molecule has 1 aliphatic heterocycles. The number of carboxylic acids is 1. The number of nitrogens with zero attached hydrogens (tertiary/aromatic N) is 1. The summed E-state index contributed by atoms with van der Waals surface area (Å²) in [4.78, 5) is 15.0. The van der Waals surface area contributed by atoms with Crippen LogP contribution in [0.25, 0.3) is 10.1 Å². The molecule has 1 aliphatic rings. The lowest BCUT2D eigenvalue weighted by atomic mass is 10.1. The molecule has 0 radical (unpaired) electrons. The minimum absolute atomic E-state index is 0.516. The van der Waals surface area contributed by atoms with E-state index in [1.54, 1.807) is 11.3 Å². The van der Waals surface area contributed by atoms with Gasteiger partial charge in [0.2, 0.25) is 0 Å². The van der Waals surface area contributed by atoms with E-state index in [2.05, 4.69) is 4.90 Å². The van der Waals surface area contributed by atoms with Gasteiger partial charge in [0.05, 0.1) is 5.56 Å². The number of rotatable bonds is 4. The molecule has 20 heavy (non-hydrogen) atoms. The Bertz CT molecular complexity index is 614. The number of piperidine rings is 1. The molecule has 0 unspecified atom stereocenters. The quantitative estimate of drug-likeness (QED) is 0.934. The Labute approximate surface area is 122 Å². The molecule has 3 rings (SSSR count). The van der Waals surface area contributed by atoms with Crippen LogP contribution in [0.15, 0.2) is 24.3 Å². The fourth-order valence-electron chi connectivity index (χ4n) is 2.95. The van der Waals surface area contributed by atoms with E-state index in [4.69, 9.17) is 0 Å². The molecule has 0 spiro atoms. The van der Waals surface area contributed by atoms with Crippen LogP contribution in [0.3, 0.4) is 0 Å². The second kappa shape index (κ2) is 5.94. The highest BCUT2D eigenvalue weighted by Crippen LogP contribution is 2.31. The maximum Gasteiger partial charge on any atom is 0.337 e. The van der Waals surface area contributed by atoms with Gasteiger partial charge in [-0.05, 0) is 38.4 Å². The summed E-state index contributed by atoms with van der Waals surface area (Å²) < 4.78 is 1.08. The second-order valence-corrected chi connectivity index (χ2v) is 6.49. The molecule has 106 valence electrons. The predicted octanol–water partition coefficient (Wildman–Crippen LogP) is 3.63. The summed E-state index contributed by atoms with van der Waals surface area (Å²) >= 11 is 1.63. The van der Waals surface area contributed by atoms with Crippen LogP contribution >= 0.6 is 11.3 Å². The van der Waals surface area contributed by atoms with Gasteiger partial charge in [-0.1, -0.05) is 24.6 Å². The average molecular weight is 289 g/mol. The Hall–Kier alpha value is -1.39. The van der Waals surface area contributed by atoms with Gasteiger partial charge >= 0.3 is 5.97 Å². The van der Waals surface area contributed by atoms with Crippen molar-refractivity contribution in [2.75, 3.05) is 19.6 Å². The molecule has 2 heterocycles. The van der Waals surface area contributed by atoms with Crippen molar-refractivity contribution in [1.29, 1.82) is 0 Å². The Morgan fingerprint density at radius 3 is 2.70 bits per heavy atom. The summed E-state index contributed by atoms with van der Waals surface area (Å²) in [6.45, 7) is 3.30. The number of fused-ring (bicyclic) bond motifs is 1. The normalized spacial score (nSPS) is 16.6. The van der Waals surface area contributed by atoms with Crippen molar-refractivity contribution < 1.29 is 9.90 Å². The van der Waals surface area contributed by atoms with Crippen molar-refractivity contribution in [2.24, 2.45) is 0 Å². The summed E-state index contributed by atoms with van der Waals surface area (Å²) in [7, 11) is 0. The van der Waals surface area contributed by atoms with Crippen LogP contribution in [0, 0.1) is 0 Å². The number of hydrogen-bond donors (Lipinski definition) is 1. The first-order valence-electron chi connectivity index (χ1n) is 7.22. The molecule has 0 bridgehead atoms. The minimum atomic E-state index is -0.795. The molecule has 3 nitrogen and oxygen atoms in total. The molecule has 1 aromatic heterocycles. The number of carbonyl (C=O) groups is 1. The van der Waals surface area contributed by atoms with Crippen LogP contribution in [-0.2, 0) is 6.42 Å². The molecule has 2 aromatic rings. The zero-order valence-electron chi connectivity index (χ0n) is 11.5. The molecule has 1 saturated heterocycles. The zero-order valence-corrected chi connectivity index (χ0v) is 12.3. The van der Waals surface area contributed by atoms with Crippen LogP contribution in [0.4, 0.5) is 0 Å². The summed E-state index contributed by atoms with van der Waals surface area (Å²) in [5.74, 6) is -0.795. The number of hydrogen-bond acceptors (Lipinski definition) is 3. The van der Waals surface area contributed by atoms with Gasteiger partial charge in [0.25, 0.3) is 0 Å². The molecule has 0 aliphatic carbocycles. The highest BCUT2D eigenvalue weighted by molar-refractivity contribution is 7.19. The van der Waals surface area contributed by atoms with Crippen LogP contribution < -0.4 is 0 Å². The van der Waals surface area contributed by atoms with Crippen molar-refractivity contribution in [3.05, 3.63) is 34.7 Å². The minimum Gasteiger partial charge on any atom is -0.478 e. The smallest absolute Gasteiger partial charge is 0.337 e. The second-order valence-electron chi connectivity index (χ2n) is 5.35. The molecule has 1 aromatic carbocycles. The van der Waals surface area contributed by atoms with Crippen molar-refractivity contribution in [1.82, 2.24) is 4.90 Å². The monoisotopic (exact) mass is 289 g/mol. The lowest BCUT2D eigenvalue weighted by molar-refractivity contribution is 0.0698. The number of carboxylic acid groups (broad SMARTS) is 1. The third-order valence-corrected chi connectivity index (χ3v) is 5.22. The number of aromatic carboxylic acids is 1. The lowest BCUT2D eigenvalue weighted by Gasteiger charge is -2.26. The Morgan fingerprint density at radius 2 is 1.95 bits per heavy atom. The van der Waals surface area contributed by atoms with Crippen molar-refractivity contribution in [3.8, 4) is 0 Å². The molecule has 0 atom stereocenters. The maximum absolute atomic E-state index is 11.5. The van der Waals surface area contributed by atoms with Crippen molar-refractivity contribution in [3.63, 3.8) is 0 Å². The van der Waals surface area contributed by atoms with Gasteiger partial charge in [-0.25, -0.2) is 4.79 Å². The Balaban J connectivity index is 1.82. The van der Waals surface area contributed by atoms with E-state index in [0.717, 1.165) is 41.0 Å². The van der Waals surface area contributed by atoms with Gasteiger partial charge in [-0.3, -0.25) is 0 Å². The van der Waals surface area contributed by atoms with E-state index in [-0.39, 0.29) is 0 Å². The van der Waals surface area contributed by atoms with Crippen LogP contribution in [-0.4, -0.2) is 35.6 Å². The van der Waals surface area contributed by atoms with Gasteiger partial charge in [-0.2, -0.15) is 0 Å². The third kappa shape index (κ3) is 2.72. The van der Waals surface area contributed by atoms with E-state index < -0.39 is 5.97 Å². The largest absolute Gasteiger partial charge is 0.478 e. The zero-order chi connectivity index (χ0) is 13.9. The first-order valence-corrected chi connectivity index (χ1v) is 8.03. The molecular formula is C16H19NO2S. The fraction of sp³-hybridized carbons (Fsp3) is 0.438. The summed E-state index contributed by atoms with van der Waals surface area (Å²) in [6, 6.07) is 7.81. The van der Waals surface area contributed by atoms with Gasteiger partial charge in [0.15, 0.2) is 0 Å². The first kappa shape index (κ1) is 13.6. The molecule has 0 saturated carbocycles. The van der Waals surface area contributed by atoms with Crippen molar-refractivity contribution >= 4 is 27.4 Å². The fourth-order valence-corrected chi connectivity index (χ4v) is 4.13. The van der Waals surface area contributed by atoms with E-state index in [1.807, 2.05) is 24.3 Å². The standard InChI is InChI=1S/C16H19NO2S/c18-16(19)15-12-6-2-3-7-13(12)20-14(15)8-11-17-9-4-1-5-10-17/h2-3,6-7H,1,4-5,8-11H2,(H,18,19). The van der Waals surface area contributed by atoms with Gasteiger partial charge < -0.3 is 10.0 Å². The molecule has 4 heteroatoms. The van der Waals surface area contributed by atoms with Crippen molar-refractivity contribution in [2.45, 2.75) is 25.7 Å². The Morgan fingerprint density at radius 1 is 1.20 bits per heavy atom. The molecule has 1 fully saturated rings. The SMILES string of the molecule is O=C(O)c1c(CCN2CCCCC2)sc2ccccc12. The van der Waals surface area contributed by atoms with Crippen LogP contribution in [0.2, 0.25) is 0 Å². The third-order valence-electron chi connectivity index (χ3n) is 3.99. The molecular weight excluding hydrogens is 270 g/mol.